The number of nitrogens with one attached hydrogen (secondary N) is 1. The molecule has 0 heterocycles. The van der Waals surface area contributed by atoms with E-state index in [4.69, 9.17) is 21.1 Å². The molecular formula is C19H22BrClN2O3. The van der Waals surface area contributed by atoms with Gasteiger partial charge in [-0.25, -0.2) is 0 Å². The van der Waals surface area contributed by atoms with Gasteiger partial charge in [-0.3, -0.25) is 9.69 Å². The highest BCUT2D eigenvalue weighted by atomic mass is 79.9. The van der Waals surface area contributed by atoms with Crippen molar-refractivity contribution in [3.63, 3.8) is 0 Å². The van der Waals surface area contributed by atoms with Crippen molar-refractivity contribution in [1.29, 1.82) is 0 Å². The summed E-state index contributed by atoms with van der Waals surface area (Å²) < 4.78 is 11.6. The van der Waals surface area contributed by atoms with E-state index in [0.29, 0.717) is 23.0 Å². The Kier molecular flexibility index (Phi) is 7.32. The molecule has 0 aliphatic heterocycles. The van der Waals surface area contributed by atoms with E-state index in [-0.39, 0.29) is 11.9 Å². The molecule has 0 aromatic heterocycles. The minimum Gasteiger partial charge on any atom is -0.496 e. The number of amides is 1. The van der Waals surface area contributed by atoms with Crippen molar-refractivity contribution < 1.29 is 14.3 Å². The molecule has 0 aliphatic rings. The number of carbonyl (C=O) groups is 1. The van der Waals surface area contributed by atoms with Gasteiger partial charge in [-0.05, 0) is 50.4 Å². The van der Waals surface area contributed by atoms with Crippen LogP contribution in [0.1, 0.15) is 12.5 Å². The normalized spacial score (nSPS) is 12.0. The molecule has 2 aromatic rings. The minimum atomic E-state index is -0.373. The van der Waals surface area contributed by atoms with Gasteiger partial charge in [0.1, 0.15) is 11.5 Å². The lowest BCUT2D eigenvalue weighted by Gasteiger charge is -2.25. The van der Waals surface area contributed by atoms with Crippen LogP contribution >= 0.6 is 27.5 Å². The molecule has 7 heteroatoms. The molecule has 1 amide bonds. The molecule has 0 unspecified atom stereocenters. The quantitative estimate of drug-likeness (QED) is 0.683. The van der Waals surface area contributed by atoms with Crippen molar-refractivity contribution in [3.05, 3.63) is 51.5 Å². The number of rotatable bonds is 7. The third-order valence-corrected chi connectivity index (χ3v) is 4.85. The first-order chi connectivity index (χ1) is 12.3. The van der Waals surface area contributed by atoms with Crippen molar-refractivity contribution >= 4 is 39.1 Å². The molecule has 140 valence electrons. The van der Waals surface area contributed by atoms with Crippen LogP contribution in [0.4, 0.5) is 5.69 Å². The van der Waals surface area contributed by atoms with Crippen LogP contribution in [0.3, 0.4) is 0 Å². The number of halogens is 2. The van der Waals surface area contributed by atoms with Gasteiger partial charge in [-0.1, -0.05) is 27.5 Å². The monoisotopic (exact) mass is 440 g/mol. The smallest absolute Gasteiger partial charge is 0.241 e. The van der Waals surface area contributed by atoms with E-state index in [1.54, 1.807) is 32.4 Å². The van der Waals surface area contributed by atoms with Crippen LogP contribution in [-0.2, 0) is 11.3 Å². The number of carbonyl (C=O) groups excluding carboxylic acids is 1. The van der Waals surface area contributed by atoms with Gasteiger partial charge in [0, 0.05) is 21.6 Å². The second-order valence-corrected chi connectivity index (χ2v) is 7.23. The molecule has 5 nitrogen and oxygen atoms in total. The molecule has 1 atom stereocenters. The van der Waals surface area contributed by atoms with Gasteiger partial charge in [-0.15, -0.1) is 0 Å². The zero-order valence-corrected chi connectivity index (χ0v) is 17.5. The maximum absolute atomic E-state index is 12.7. The molecule has 2 aromatic carbocycles. The average molecular weight is 442 g/mol. The third kappa shape index (κ3) is 5.13. The summed E-state index contributed by atoms with van der Waals surface area (Å²) in [5, 5.41) is 3.41. The molecule has 0 saturated heterocycles. The zero-order chi connectivity index (χ0) is 19.3. The van der Waals surface area contributed by atoms with E-state index in [0.717, 1.165) is 15.8 Å². The maximum atomic E-state index is 12.7. The molecule has 0 radical (unpaired) electrons. The Morgan fingerprint density at radius 2 is 1.85 bits per heavy atom. The number of hydrogen-bond donors (Lipinski definition) is 1. The Morgan fingerprint density at radius 3 is 2.50 bits per heavy atom. The highest BCUT2D eigenvalue weighted by Crippen LogP contribution is 2.28. The summed E-state index contributed by atoms with van der Waals surface area (Å²) >= 11 is 9.49. The summed E-state index contributed by atoms with van der Waals surface area (Å²) in [6.07, 6.45) is 0. The van der Waals surface area contributed by atoms with Crippen LogP contribution in [0.15, 0.2) is 40.9 Å². The van der Waals surface area contributed by atoms with Crippen molar-refractivity contribution in [2.24, 2.45) is 0 Å². The SMILES string of the molecule is COc1ccc(Br)cc1CN(C)[C@@H](C)C(=O)Nc1cc(Cl)ccc1OC. The molecule has 0 aliphatic carbocycles. The first kappa shape index (κ1) is 20.6. The predicted molar refractivity (Wildman–Crippen MR) is 108 cm³/mol. The first-order valence-electron chi connectivity index (χ1n) is 8.02. The van der Waals surface area contributed by atoms with Crippen LogP contribution in [0.25, 0.3) is 0 Å². The molecule has 0 spiro atoms. The molecule has 1 N–H and O–H groups in total. The van der Waals surface area contributed by atoms with Gasteiger partial charge in [0.05, 0.1) is 25.9 Å². The lowest BCUT2D eigenvalue weighted by molar-refractivity contribution is -0.120. The largest absolute Gasteiger partial charge is 0.496 e. The fourth-order valence-corrected chi connectivity index (χ4v) is 3.07. The fourth-order valence-electron chi connectivity index (χ4n) is 2.49. The lowest BCUT2D eigenvalue weighted by atomic mass is 10.1. The summed E-state index contributed by atoms with van der Waals surface area (Å²) in [5.74, 6) is 1.19. The van der Waals surface area contributed by atoms with Gasteiger partial charge in [0.2, 0.25) is 5.91 Å². The Balaban J connectivity index is 2.11. The van der Waals surface area contributed by atoms with Crippen LogP contribution in [0.5, 0.6) is 11.5 Å². The van der Waals surface area contributed by atoms with Crippen molar-refractivity contribution in [2.45, 2.75) is 19.5 Å². The second-order valence-electron chi connectivity index (χ2n) is 5.88. The van der Waals surface area contributed by atoms with E-state index in [1.807, 2.05) is 37.1 Å². The minimum absolute atomic E-state index is 0.151. The van der Waals surface area contributed by atoms with Crippen molar-refractivity contribution in [1.82, 2.24) is 4.90 Å². The zero-order valence-electron chi connectivity index (χ0n) is 15.2. The number of nitrogens with zero attached hydrogens (tertiary/aromatic N) is 1. The van der Waals surface area contributed by atoms with Crippen LogP contribution in [-0.4, -0.2) is 38.1 Å². The molecule has 2 rings (SSSR count). The van der Waals surface area contributed by atoms with Crippen molar-refractivity contribution in [3.8, 4) is 11.5 Å². The van der Waals surface area contributed by atoms with E-state index in [2.05, 4.69) is 21.2 Å². The van der Waals surface area contributed by atoms with Gasteiger partial charge >= 0.3 is 0 Å². The number of benzene rings is 2. The lowest BCUT2D eigenvalue weighted by Crippen LogP contribution is -2.39. The number of hydrogen-bond acceptors (Lipinski definition) is 4. The Bertz CT molecular complexity index is 785. The van der Waals surface area contributed by atoms with E-state index in [9.17, 15) is 4.79 Å². The van der Waals surface area contributed by atoms with Crippen LogP contribution in [0.2, 0.25) is 5.02 Å². The van der Waals surface area contributed by atoms with Gasteiger partial charge in [0.15, 0.2) is 0 Å². The Morgan fingerprint density at radius 1 is 1.19 bits per heavy atom. The molecule has 26 heavy (non-hydrogen) atoms. The van der Waals surface area contributed by atoms with E-state index in [1.165, 1.54) is 0 Å². The number of methoxy groups -OCH3 is 2. The summed E-state index contributed by atoms with van der Waals surface area (Å²) in [6, 6.07) is 10.5. The highest BCUT2D eigenvalue weighted by molar-refractivity contribution is 9.10. The number of ether oxygens (including phenoxy) is 2. The Labute approximate surface area is 167 Å². The van der Waals surface area contributed by atoms with Gasteiger partial charge in [-0.2, -0.15) is 0 Å². The Hall–Kier alpha value is -1.76. The molecular weight excluding hydrogens is 420 g/mol. The van der Waals surface area contributed by atoms with Crippen molar-refractivity contribution in [2.75, 3.05) is 26.6 Å². The highest BCUT2D eigenvalue weighted by Gasteiger charge is 2.21. The van der Waals surface area contributed by atoms with E-state index < -0.39 is 0 Å². The average Bonchev–Trinajstić information content (AvgIpc) is 2.61. The number of likely N-dealkylation sites (N-methyl/N-ethyl adjacent to an activating group) is 1. The summed E-state index contributed by atoms with van der Waals surface area (Å²) in [6.45, 7) is 2.40. The summed E-state index contributed by atoms with van der Waals surface area (Å²) in [4.78, 5) is 14.6. The van der Waals surface area contributed by atoms with Crippen LogP contribution < -0.4 is 14.8 Å². The molecule has 0 bridgehead atoms. The number of anilines is 1. The summed E-state index contributed by atoms with van der Waals surface area (Å²) in [5.41, 5.74) is 1.54. The predicted octanol–water partition coefficient (Wildman–Crippen LogP) is 4.58. The topological polar surface area (TPSA) is 50.8 Å². The fraction of sp³-hybridized carbons (Fsp3) is 0.316. The van der Waals surface area contributed by atoms with Crippen LogP contribution in [0, 0.1) is 0 Å². The third-order valence-electron chi connectivity index (χ3n) is 4.12. The molecule has 0 fully saturated rings. The van der Waals surface area contributed by atoms with E-state index >= 15 is 0 Å². The second kappa shape index (κ2) is 9.26. The van der Waals surface area contributed by atoms with Gasteiger partial charge < -0.3 is 14.8 Å². The summed E-state index contributed by atoms with van der Waals surface area (Å²) in [7, 11) is 5.07. The maximum Gasteiger partial charge on any atom is 0.241 e. The first-order valence-corrected chi connectivity index (χ1v) is 9.20. The van der Waals surface area contributed by atoms with Gasteiger partial charge in [0.25, 0.3) is 0 Å². The standard InChI is InChI=1S/C19H22BrClN2O3/c1-12(19(24)22-16-10-15(21)6-8-18(16)26-4)23(2)11-13-9-14(20)5-7-17(13)25-3/h5-10,12H,11H2,1-4H3,(H,22,24)/t12-/m0/s1. The molecule has 0 saturated carbocycles.